The predicted molar refractivity (Wildman–Crippen MR) is 129 cm³/mol. The van der Waals surface area contributed by atoms with Crippen molar-refractivity contribution in [2.24, 2.45) is 4.99 Å². The number of ether oxygens (including phenoxy) is 3. The predicted octanol–water partition coefficient (Wildman–Crippen LogP) is 6.00. The van der Waals surface area contributed by atoms with E-state index in [4.69, 9.17) is 14.2 Å². The molecule has 0 radical (unpaired) electrons. The lowest BCUT2D eigenvalue weighted by molar-refractivity contribution is -0.143. The molecule has 2 aromatic carbocycles. The number of thioether (sulfide) groups is 1. The van der Waals surface area contributed by atoms with Gasteiger partial charge in [-0.2, -0.15) is 31.3 Å². The second-order valence-electron chi connectivity index (χ2n) is 8.38. The topological polar surface area (TPSA) is 60.4 Å². The molecule has 1 amide bonds. The zero-order valence-corrected chi connectivity index (χ0v) is 21.0. The van der Waals surface area contributed by atoms with Gasteiger partial charge in [-0.25, -0.2) is 0 Å². The fourth-order valence-corrected chi connectivity index (χ4v) is 4.90. The molecule has 2 aliphatic rings. The molecule has 13 heteroatoms. The van der Waals surface area contributed by atoms with Gasteiger partial charge in [0.15, 0.2) is 16.7 Å². The third-order valence-electron chi connectivity index (χ3n) is 5.93. The molecule has 1 fully saturated rings. The molecule has 204 valence electrons. The van der Waals surface area contributed by atoms with Crippen LogP contribution in [-0.2, 0) is 28.5 Å². The molecule has 0 atom stereocenters. The van der Waals surface area contributed by atoms with Gasteiger partial charge in [-0.1, -0.05) is 12.1 Å². The zero-order valence-electron chi connectivity index (χ0n) is 20.2. The highest BCUT2D eigenvalue weighted by Gasteiger charge is 2.38. The van der Waals surface area contributed by atoms with E-state index in [1.54, 1.807) is 19.1 Å². The number of methoxy groups -OCH3 is 1. The fraction of sp³-hybridized carbons (Fsp3) is 0.360. The molecule has 0 N–H and O–H groups in total. The summed E-state index contributed by atoms with van der Waals surface area (Å²) in [7, 11) is 1.34. The molecule has 0 spiro atoms. The lowest BCUT2D eigenvalue weighted by atomic mass is 10.0. The van der Waals surface area contributed by atoms with Gasteiger partial charge in [-0.15, -0.1) is 0 Å². The Bertz CT molecular complexity index is 1280. The molecular formula is C25H22F6N2O4S. The Morgan fingerprint density at radius 1 is 1.03 bits per heavy atom. The van der Waals surface area contributed by atoms with Crippen LogP contribution in [0.25, 0.3) is 5.57 Å². The van der Waals surface area contributed by atoms with E-state index < -0.39 is 35.6 Å². The number of allylic oxidation sites excluding steroid dienone is 1. The van der Waals surface area contributed by atoms with Gasteiger partial charge in [0.2, 0.25) is 0 Å². The van der Waals surface area contributed by atoms with Crippen LogP contribution in [0.2, 0.25) is 0 Å². The van der Waals surface area contributed by atoms with Crippen LogP contribution in [0, 0.1) is 0 Å². The Labute approximate surface area is 218 Å². The van der Waals surface area contributed by atoms with Crippen molar-refractivity contribution in [3.63, 3.8) is 0 Å². The summed E-state index contributed by atoms with van der Waals surface area (Å²) in [5.41, 5.74) is -2.07. The summed E-state index contributed by atoms with van der Waals surface area (Å²) >= 11 is 1.25. The van der Waals surface area contributed by atoms with E-state index in [1.165, 1.54) is 24.9 Å². The molecule has 38 heavy (non-hydrogen) atoms. The number of benzene rings is 2. The number of hydrogen-bond donors (Lipinski definition) is 0. The molecule has 0 bridgehead atoms. The number of hydrogen-bond acceptors (Lipinski definition) is 6. The van der Waals surface area contributed by atoms with E-state index in [9.17, 15) is 31.1 Å². The molecule has 0 unspecified atom stereocenters. The second-order valence-corrected chi connectivity index (χ2v) is 9.35. The monoisotopic (exact) mass is 560 g/mol. The summed E-state index contributed by atoms with van der Waals surface area (Å²) in [6.07, 6.45) is -9.93. The summed E-state index contributed by atoms with van der Waals surface area (Å²) in [4.78, 5) is 19.1. The molecule has 2 aliphatic heterocycles. The molecule has 1 saturated heterocycles. The van der Waals surface area contributed by atoms with Crippen molar-refractivity contribution >= 4 is 28.4 Å². The van der Waals surface area contributed by atoms with Gasteiger partial charge < -0.3 is 19.1 Å². The lowest BCUT2D eigenvalue weighted by Gasteiger charge is -2.27. The smallest absolute Gasteiger partial charge is 0.416 e. The summed E-state index contributed by atoms with van der Waals surface area (Å²) in [6.45, 7) is 3.43. The van der Waals surface area contributed by atoms with Crippen LogP contribution in [0.1, 0.15) is 29.2 Å². The minimum atomic E-state index is -5.01. The molecule has 0 saturated carbocycles. The maximum absolute atomic E-state index is 13.5. The number of aliphatic imine (C=N–C) groups is 1. The number of nitrogens with zero attached hydrogens (tertiary/aromatic N) is 2. The van der Waals surface area contributed by atoms with E-state index in [1.807, 2.05) is 4.90 Å². The first kappa shape index (κ1) is 27.8. The third kappa shape index (κ3) is 6.09. The van der Waals surface area contributed by atoms with E-state index in [2.05, 4.69) is 4.99 Å². The number of amidine groups is 1. The first-order valence-corrected chi connectivity index (χ1v) is 12.1. The minimum absolute atomic E-state index is 0.0676. The number of alkyl halides is 6. The lowest BCUT2D eigenvalue weighted by Crippen LogP contribution is -2.38. The second kappa shape index (κ2) is 10.9. The van der Waals surface area contributed by atoms with Gasteiger partial charge in [-0.3, -0.25) is 4.79 Å². The van der Waals surface area contributed by atoms with Gasteiger partial charge >= 0.3 is 12.4 Å². The fourth-order valence-electron chi connectivity index (χ4n) is 3.87. The highest BCUT2D eigenvalue weighted by Crippen LogP contribution is 2.40. The van der Waals surface area contributed by atoms with E-state index >= 15 is 0 Å². The van der Waals surface area contributed by atoms with Crippen molar-refractivity contribution < 1.29 is 45.3 Å². The quantitative estimate of drug-likeness (QED) is 0.330. The normalized spacial score (nSPS) is 17.9. The highest BCUT2D eigenvalue weighted by molar-refractivity contribution is 8.18. The van der Waals surface area contributed by atoms with Gasteiger partial charge in [0, 0.05) is 18.7 Å². The summed E-state index contributed by atoms with van der Waals surface area (Å²) in [5.74, 6) is -0.124. The van der Waals surface area contributed by atoms with E-state index in [0.29, 0.717) is 53.6 Å². The number of carbonyl (C=O) groups is 1. The third-order valence-corrected chi connectivity index (χ3v) is 7.15. The van der Waals surface area contributed by atoms with Crippen LogP contribution in [-0.4, -0.2) is 49.4 Å². The highest BCUT2D eigenvalue weighted by atomic mass is 32.2. The van der Waals surface area contributed by atoms with Crippen molar-refractivity contribution in [1.29, 1.82) is 0 Å². The van der Waals surface area contributed by atoms with Crippen LogP contribution in [0.4, 0.5) is 26.3 Å². The molecule has 2 aromatic rings. The average molecular weight is 561 g/mol. The number of amides is 1. The number of halogens is 6. The maximum Gasteiger partial charge on any atom is 0.416 e. The number of rotatable bonds is 5. The standard InChI is InChI=1S/C25H22F6N2O4S/c1-14(21-22(34)32-23(38-21)33-7-9-36-10-8-33)15-4-6-19(20(11-15)35-2)37-13-16-3-5-17(24(26,27)28)12-18(16)25(29,30)31/h3-6,11-12H,7-10,13H2,1-2H3/b21-14+. The molecule has 6 nitrogen and oxygen atoms in total. The molecule has 0 aliphatic carbocycles. The van der Waals surface area contributed by atoms with Gasteiger partial charge in [-0.05, 0) is 54.1 Å². The van der Waals surface area contributed by atoms with Gasteiger partial charge in [0.05, 0.1) is 36.4 Å². The Morgan fingerprint density at radius 2 is 1.74 bits per heavy atom. The van der Waals surface area contributed by atoms with Gasteiger partial charge in [0.1, 0.15) is 6.61 Å². The summed E-state index contributed by atoms with van der Waals surface area (Å²) in [6, 6.07) is 6.03. The first-order valence-electron chi connectivity index (χ1n) is 11.3. The Morgan fingerprint density at radius 3 is 2.37 bits per heavy atom. The van der Waals surface area contributed by atoms with Crippen LogP contribution in [0.3, 0.4) is 0 Å². The Hall–Kier alpha value is -3.19. The van der Waals surface area contributed by atoms with Crippen LogP contribution in [0.5, 0.6) is 11.5 Å². The molecule has 2 heterocycles. The zero-order chi connectivity index (χ0) is 27.7. The minimum Gasteiger partial charge on any atom is -0.493 e. The Balaban J connectivity index is 1.54. The van der Waals surface area contributed by atoms with Crippen LogP contribution < -0.4 is 9.47 Å². The molecule has 4 rings (SSSR count). The van der Waals surface area contributed by atoms with Crippen molar-refractivity contribution in [1.82, 2.24) is 4.90 Å². The summed E-state index contributed by atoms with van der Waals surface area (Å²) < 4.78 is 95.3. The SMILES string of the molecule is COc1cc(/C(C)=C2/SC(N3CCOCC3)=NC2=O)ccc1OCc1ccc(C(F)(F)F)cc1C(F)(F)F. The van der Waals surface area contributed by atoms with E-state index in [-0.39, 0.29) is 23.5 Å². The molecule has 0 aromatic heterocycles. The average Bonchev–Trinajstić information content (AvgIpc) is 3.27. The number of morpholine rings is 1. The van der Waals surface area contributed by atoms with Crippen molar-refractivity contribution in [2.75, 3.05) is 33.4 Å². The number of carbonyl (C=O) groups excluding carboxylic acids is 1. The Kier molecular flexibility index (Phi) is 7.98. The summed E-state index contributed by atoms with van der Waals surface area (Å²) in [5, 5.41) is 0.594. The van der Waals surface area contributed by atoms with Crippen LogP contribution in [0.15, 0.2) is 46.3 Å². The van der Waals surface area contributed by atoms with E-state index in [0.717, 1.165) is 6.07 Å². The van der Waals surface area contributed by atoms with Crippen molar-refractivity contribution in [3.05, 3.63) is 63.6 Å². The van der Waals surface area contributed by atoms with Crippen LogP contribution >= 0.6 is 11.8 Å². The largest absolute Gasteiger partial charge is 0.493 e. The first-order chi connectivity index (χ1) is 17.9. The van der Waals surface area contributed by atoms with Crippen molar-refractivity contribution in [3.8, 4) is 11.5 Å². The molecular weight excluding hydrogens is 538 g/mol. The maximum atomic E-state index is 13.5. The van der Waals surface area contributed by atoms with Gasteiger partial charge in [0.25, 0.3) is 5.91 Å². The van der Waals surface area contributed by atoms with Crippen molar-refractivity contribution in [2.45, 2.75) is 25.9 Å².